The van der Waals surface area contributed by atoms with Crippen molar-refractivity contribution in [3.8, 4) is 0 Å². The Labute approximate surface area is 187 Å². The van der Waals surface area contributed by atoms with Crippen LogP contribution in [0.25, 0.3) is 10.9 Å². The van der Waals surface area contributed by atoms with Crippen LogP contribution in [0, 0.1) is 5.92 Å². The predicted octanol–water partition coefficient (Wildman–Crippen LogP) is 2.25. The first kappa shape index (κ1) is 23.3. The Kier molecular flexibility index (Phi) is 8.09. The number of esters is 1. The number of fused-ring (bicyclic) bond motifs is 1. The normalized spacial score (nSPS) is 15.8. The van der Waals surface area contributed by atoms with E-state index < -0.39 is 6.04 Å². The summed E-state index contributed by atoms with van der Waals surface area (Å²) in [6.45, 7) is 7.54. The maximum atomic E-state index is 12.3. The number of thioether (sulfide) groups is 1. The molecule has 0 radical (unpaired) electrons. The Morgan fingerprint density at radius 2 is 1.87 bits per heavy atom. The van der Waals surface area contributed by atoms with E-state index in [2.05, 4.69) is 10.2 Å². The highest BCUT2D eigenvalue weighted by Crippen LogP contribution is 2.23. The van der Waals surface area contributed by atoms with Gasteiger partial charge in [-0.15, -0.1) is 0 Å². The summed E-state index contributed by atoms with van der Waals surface area (Å²) in [6, 6.07) is 7.28. The molecule has 9 heteroatoms. The van der Waals surface area contributed by atoms with Crippen LogP contribution in [-0.4, -0.2) is 83.0 Å². The number of amides is 1. The minimum absolute atomic E-state index is 0.0385. The van der Waals surface area contributed by atoms with Crippen molar-refractivity contribution in [2.45, 2.75) is 26.4 Å². The smallest absolute Gasteiger partial charge is 0.328 e. The largest absolute Gasteiger partial charge is 0.467 e. The predicted molar refractivity (Wildman–Crippen MR) is 124 cm³/mol. The summed E-state index contributed by atoms with van der Waals surface area (Å²) >= 11 is 1.56. The highest BCUT2D eigenvalue weighted by atomic mass is 32.2. The fourth-order valence-corrected chi connectivity index (χ4v) is 4.08. The van der Waals surface area contributed by atoms with Crippen LogP contribution in [0.3, 0.4) is 0 Å². The molecule has 1 amide bonds. The van der Waals surface area contributed by atoms with Crippen LogP contribution in [-0.2, 0) is 20.9 Å². The minimum atomic E-state index is -0.498. The highest BCUT2D eigenvalue weighted by Gasteiger charge is 2.25. The van der Waals surface area contributed by atoms with Crippen LogP contribution < -0.4 is 5.32 Å². The molecule has 2 aromatic rings. The monoisotopic (exact) mass is 445 g/mol. The molecule has 168 valence electrons. The summed E-state index contributed by atoms with van der Waals surface area (Å²) in [4.78, 5) is 38.0. The van der Waals surface area contributed by atoms with E-state index in [0.29, 0.717) is 23.9 Å². The van der Waals surface area contributed by atoms with Crippen LogP contribution in [0.4, 0.5) is 5.82 Å². The number of carbonyl (C=O) groups is 2. The molecule has 0 spiro atoms. The molecule has 1 saturated heterocycles. The first-order chi connectivity index (χ1) is 14.9. The van der Waals surface area contributed by atoms with Crippen LogP contribution >= 0.6 is 11.8 Å². The van der Waals surface area contributed by atoms with E-state index in [1.54, 1.807) is 11.8 Å². The van der Waals surface area contributed by atoms with Gasteiger partial charge in [0, 0.05) is 31.6 Å². The zero-order valence-corrected chi connectivity index (χ0v) is 19.4. The maximum Gasteiger partial charge on any atom is 0.328 e. The van der Waals surface area contributed by atoms with E-state index in [0.717, 1.165) is 37.1 Å². The Morgan fingerprint density at radius 1 is 1.16 bits per heavy atom. The van der Waals surface area contributed by atoms with Gasteiger partial charge in [0.25, 0.3) is 0 Å². The molecule has 1 aromatic heterocycles. The number of nitrogens with zero attached hydrogens (tertiary/aromatic N) is 4. The van der Waals surface area contributed by atoms with Crippen LogP contribution in [0.2, 0.25) is 0 Å². The fraction of sp³-hybridized carbons (Fsp3) is 0.545. The fourth-order valence-electron chi connectivity index (χ4n) is 3.65. The van der Waals surface area contributed by atoms with Gasteiger partial charge >= 0.3 is 5.97 Å². The standard InChI is InChI=1S/C22H31N5O3S/c1-15(2)20(22(29)30-3)25-21-16-7-5-6-8-17(16)23-18(24-21)13-26-9-11-27(12-10-26)19(28)14-31-4/h5-8,15,20H,9-14H2,1-4H3,(H,23,24,25)/t20-/m0/s1. The van der Waals surface area contributed by atoms with E-state index in [4.69, 9.17) is 14.7 Å². The molecule has 3 rings (SSSR count). The Morgan fingerprint density at radius 3 is 2.52 bits per heavy atom. The van der Waals surface area contributed by atoms with Crippen molar-refractivity contribution in [1.82, 2.24) is 19.8 Å². The second-order valence-corrected chi connectivity index (χ2v) is 8.85. The van der Waals surface area contributed by atoms with Gasteiger partial charge in [-0.3, -0.25) is 9.69 Å². The number of nitrogens with one attached hydrogen (secondary N) is 1. The SMILES string of the molecule is COC(=O)[C@@H](Nc1nc(CN2CCN(C(=O)CSC)CC2)nc2ccccc12)C(C)C. The molecule has 1 aromatic carbocycles. The number of benzene rings is 1. The molecule has 0 unspecified atom stereocenters. The van der Waals surface area contributed by atoms with Gasteiger partial charge in [0.2, 0.25) is 5.91 Å². The summed E-state index contributed by atoms with van der Waals surface area (Å²) in [7, 11) is 1.40. The lowest BCUT2D eigenvalue weighted by atomic mass is 10.0. The van der Waals surface area contributed by atoms with Crippen molar-refractivity contribution < 1.29 is 14.3 Å². The average Bonchev–Trinajstić information content (AvgIpc) is 2.77. The second-order valence-electron chi connectivity index (χ2n) is 7.98. The summed E-state index contributed by atoms with van der Waals surface area (Å²) in [5.74, 6) is 1.78. The van der Waals surface area contributed by atoms with Gasteiger partial charge in [-0.2, -0.15) is 11.8 Å². The van der Waals surface area contributed by atoms with Crippen LogP contribution in [0.15, 0.2) is 24.3 Å². The van der Waals surface area contributed by atoms with E-state index in [9.17, 15) is 9.59 Å². The summed E-state index contributed by atoms with van der Waals surface area (Å²) in [6.07, 6.45) is 1.95. The number of anilines is 1. The topological polar surface area (TPSA) is 87.7 Å². The molecule has 8 nitrogen and oxygen atoms in total. The number of methoxy groups -OCH3 is 1. The van der Waals surface area contributed by atoms with E-state index in [1.165, 1.54) is 7.11 Å². The number of piperazine rings is 1. The number of carbonyl (C=O) groups excluding carboxylic acids is 2. The Hall–Kier alpha value is -2.39. The molecule has 1 N–H and O–H groups in total. The van der Waals surface area contributed by atoms with Gasteiger partial charge in [-0.05, 0) is 24.3 Å². The number of ether oxygens (including phenoxy) is 1. The van der Waals surface area contributed by atoms with Gasteiger partial charge in [0.15, 0.2) is 0 Å². The quantitative estimate of drug-likeness (QED) is 0.619. The molecule has 1 aliphatic rings. The number of aromatic nitrogens is 2. The molecule has 0 aliphatic carbocycles. The lowest BCUT2D eigenvalue weighted by Gasteiger charge is -2.34. The molecular weight excluding hydrogens is 414 g/mol. The van der Waals surface area contributed by atoms with E-state index in [-0.39, 0.29) is 17.8 Å². The third-order valence-corrected chi connectivity index (χ3v) is 5.96. The molecular formula is C22H31N5O3S. The lowest BCUT2D eigenvalue weighted by Crippen LogP contribution is -2.49. The van der Waals surface area contributed by atoms with Crippen molar-refractivity contribution in [2.24, 2.45) is 5.92 Å². The van der Waals surface area contributed by atoms with Gasteiger partial charge in [-0.25, -0.2) is 14.8 Å². The van der Waals surface area contributed by atoms with Gasteiger partial charge in [-0.1, -0.05) is 26.0 Å². The highest BCUT2D eigenvalue weighted by molar-refractivity contribution is 7.99. The van der Waals surface area contributed by atoms with Gasteiger partial charge < -0.3 is 15.0 Å². The van der Waals surface area contributed by atoms with Crippen molar-refractivity contribution in [3.05, 3.63) is 30.1 Å². The van der Waals surface area contributed by atoms with Gasteiger partial charge in [0.05, 0.1) is 24.9 Å². The summed E-state index contributed by atoms with van der Waals surface area (Å²) in [5, 5.41) is 4.16. The molecule has 0 saturated carbocycles. The second kappa shape index (κ2) is 10.8. The van der Waals surface area contributed by atoms with Crippen molar-refractivity contribution in [3.63, 3.8) is 0 Å². The minimum Gasteiger partial charge on any atom is -0.467 e. The molecule has 31 heavy (non-hydrogen) atoms. The Bertz CT molecular complexity index is 915. The molecule has 1 fully saturated rings. The third-order valence-electron chi connectivity index (χ3n) is 5.42. The first-order valence-electron chi connectivity index (χ1n) is 10.5. The number of para-hydroxylation sites is 1. The van der Waals surface area contributed by atoms with Crippen molar-refractivity contribution in [2.75, 3.05) is 50.6 Å². The molecule has 0 bridgehead atoms. The summed E-state index contributed by atoms with van der Waals surface area (Å²) in [5.41, 5.74) is 0.830. The summed E-state index contributed by atoms with van der Waals surface area (Å²) < 4.78 is 4.97. The van der Waals surface area contributed by atoms with Crippen molar-refractivity contribution in [1.29, 1.82) is 0 Å². The van der Waals surface area contributed by atoms with Crippen molar-refractivity contribution >= 4 is 40.4 Å². The maximum absolute atomic E-state index is 12.3. The lowest BCUT2D eigenvalue weighted by molar-refractivity contribution is -0.142. The van der Waals surface area contributed by atoms with Crippen LogP contribution in [0.1, 0.15) is 19.7 Å². The zero-order chi connectivity index (χ0) is 22.4. The zero-order valence-electron chi connectivity index (χ0n) is 18.6. The molecule has 2 heterocycles. The first-order valence-corrected chi connectivity index (χ1v) is 11.9. The van der Waals surface area contributed by atoms with E-state index in [1.807, 2.05) is 49.3 Å². The number of hydrogen-bond donors (Lipinski definition) is 1. The number of hydrogen-bond acceptors (Lipinski definition) is 8. The van der Waals surface area contributed by atoms with E-state index >= 15 is 0 Å². The Balaban J connectivity index is 1.78. The number of rotatable bonds is 8. The van der Waals surface area contributed by atoms with Gasteiger partial charge in [0.1, 0.15) is 17.7 Å². The molecule has 1 aliphatic heterocycles. The third kappa shape index (κ3) is 5.86. The average molecular weight is 446 g/mol. The van der Waals surface area contributed by atoms with Crippen LogP contribution in [0.5, 0.6) is 0 Å². The molecule has 1 atom stereocenters.